The number of amides is 3. The number of aliphatic carboxylic acids is 1. The zero-order valence-electron chi connectivity index (χ0n) is 52.8. The molecular formula is C64H106IN3O18. The SMILES string of the molecule is CCCOCCOCCOCCOCCOCCOCCC(=O)NC(CCCCNC(=O)CCc1ccc(O)c([123I])c1)C(=O)O.COCCOCCOCCOCCOCCOCCNC(=O)/C=C(C)/C=C/C=C(C)/C=C/C1=C(C)CCCC1(C)C. The molecule has 0 fully saturated rings. The van der Waals surface area contributed by atoms with Crippen molar-refractivity contribution in [1.29, 1.82) is 0 Å². The summed E-state index contributed by atoms with van der Waals surface area (Å²) in [6.07, 6.45) is 19.1. The Morgan fingerprint density at radius 2 is 1.15 bits per heavy atom. The van der Waals surface area contributed by atoms with Gasteiger partial charge in [-0.1, -0.05) is 68.4 Å². The van der Waals surface area contributed by atoms with E-state index in [4.69, 9.17) is 56.8 Å². The van der Waals surface area contributed by atoms with Crippen molar-refractivity contribution in [3.05, 3.63) is 86.1 Å². The quantitative estimate of drug-likeness (QED) is 0.0179. The van der Waals surface area contributed by atoms with Gasteiger partial charge in [0.15, 0.2) is 0 Å². The van der Waals surface area contributed by atoms with E-state index >= 15 is 0 Å². The molecule has 1 atom stereocenters. The maximum absolute atomic E-state index is 12.2. The molecule has 1 unspecified atom stereocenters. The molecule has 0 saturated heterocycles. The number of methoxy groups -OCH3 is 1. The highest BCUT2D eigenvalue weighted by Gasteiger charge is 2.26. The summed E-state index contributed by atoms with van der Waals surface area (Å²) in [5, 5.41) is 27.2. The minimum atomic E-state index is -1.10. The number of benzene rings is 1. The van der Waals surface area contributed by atoms with E-state index < -0.39 is 17.9 Å². The molecular weight excluding hydrogens is 1220 g/mol. The minimum Gasteiger partial charge on any atom is -0.507 e. The van der Waals surface area contributed by atoms with Gasteiger partial charge in [0.05, 0.1) is 149 Å². The summed E-state index contributed by atoms with van der Waals surface area (Å²) in [7, 11) is 1.65. The van der Waals surface area contributed by atoms with Gasteiger partial charge in [-0.15, -0.1) is 0 Å². The fourth-order valence-electron chi connectivity index (χ4n) is 8.10. The Balaban J connectivity index is 0.000000864. The van der Waals surface area contributed by atoms with Gasteiger partial charge in [0.25, 0.3) is 0 Å². The monoisotopic (exact) mass is 1330 g/mol. The highest BCUT2D eigenvalue weighted by atomic mass is 123. The van der Waals surface area contributed by atoms with Crippen LogP contribution in [0.15, 0.2) is 76.9 Å². The van der Waals surface area contributed by atoms with E-state index in [2.05, 4.69) is 68.8 Å². The van der Waals surface area contributed by atoms with E-state index in [0.717, 1.165) is 27.7 Å². The molecule has 5 N–H and O–H groups in total. The fraction of sp³-hybridized carbons (Fsp3) is 0.688. The zero-order chi connectivity index (χ0) is 63.1. The number of ether oxygens (including phenoxy) is 12. The largest absolute Gasteiger partial charge is 0.507 e. The van der Waals surface area contributed by atoms with Crippen molar-refractivity contribution in [3.63, 3.8) is 0 Å². The molecule has 1 aliphatic rings. The lowest BCUT2D eigenvalue weighted by molar-refractivity contribution is -0.142. The third-order valence-electron chi connectivity index (χ3n) is 12.8. The Kier molecular flexibility index (Phi) is 51.0. The lowest BCUT2D eigenvalue weighted by Crippen LogP contribution is -2.41. The topological polar surface area (TPSA) is 256 Å². The third kappa shape index (κ3) is 46.9. The van der Waals surface area contributed by atoms with Crippen molar-refractivity contribution in [1.82, 2.24) is 16.0 Å². The molecule has 492 valence electrons. The van der Waals surface area contributed by atoms with Gasteiger partial charge in [-0.3, -0.25) is 14.4 Å². The summed E-state index contributed by atoms with van der Waals surface area (Å²) < 4.78 is 65.1. The predicted octanol–water partition coefficient (Wildman–Crippen LogP) is 8.05. The van der Waals surface area contributed by atoms with Gasteiger partial charge in [-0.05, 0) is 129 Å². The molecule has 22 heteroatoms. The number of carbonyl (C=O) groups is 4. The van der Waals surface area contributed by atoms with Gasteiger partial charge in [-0.2, -0.15) is 0 Å². The molecule has 0 bridgehead atoms. The maximum Gasteiger partial charge on any atom is 0.326 e. The molecule has 0 saturated carbocycles. The van der Waals surface area contributed by atoms with Crippen molar-refractivity contribution < 1.29 is 86.2 Å². The molecule has 1 aromatic rings. The van der Waals surface area contributed by atoms with E-state index in [1.54, 1.807) is 25.3 Å². The number of aryl methyl sites for hydroxylation is 1. The van der Waals surface area contributed by atoms with Gasteiger partial charge >= 0.3 is 5.97 Å². The highest BCUT2D eigenvalue weighted by Crippen LogP contribution is 2.40. The summed E-state index contributed by atoms with van der Waals surface area (Å²) in [5.41, 5.74) is 6.23. The lowest BCUT2D eigenvalue weighted by atomic mass is 9.72. The molecule has 1 aromatic carbocycles. The number of unbranched alkanes of at least 4 members (excludes halogenated alkanes) is 1. The Hall–Kier alpha value is -4.15. The number of hydrogen-bond acceptors (Lipinski definition) is 17. The number of carbonyl (C=O) groups excluding carboxylic acids is 3. The Labute approximate surface area is 527 Å². The number of allylic oxidation sites excluding steroid dienone is 9. The van der Waals surface area contributed by atoms with Crippen LogP contribution in [-0.4, -0.2) is 212 Å². The molecule has 0 radical (unpaired) electrons. The molecule has 0 aromatic heterocycles. The molecule has 21 nitrogen and oxygen atoms in total. The molecule has 0 heterocycles. The van der Waals surface area contributed by atoms with E-state index in [0.29, 0.717) is 178 Å². The highest BCUT2D eigenvalue weighted by molar-refractivity contribution is 14.1. The lowest BCUT2D eigenvalue weighted by Gasteiger charge is -2.32. The first kappa shape index (κ1) is 79.9. The van der Waals surface area contributed by atoms with Crippen LogP contribution in [0.5, 0.6) is 5.75 Å². The first-order valence-corrected chi connectivity index (χ1v) is 31.5. The van der Waals surface area contributed by atoms with Crippen LogP contribution in [0.1, 0.15) is 105 Å². The smallest absolute Gasteiger partial charge is 0.326 e. The van der Waals surface area contributed by atoms with Gasteiger partial charge in [0, 0.05) is 45.7 Å². The van der Waals surface area contributed by atoms with Crippen molar-refractivity contribution in [3.8, 4) is 5.75 Å². The van der Waals surface area contributed by atoms with Crippen LogP contribution in [0.3, 0.4) is 0 Å². The summed E-state index contributed by atoms with van der Waals surface area (Å²) >= 11 is 2.04. The van der Waals surface area contributed by atoms with Crippen LogP contribution < -0.4 is 16.0 Å². The van der Waals surface area contributed by atoms with Crippen molar-refractivity contribution >= 4 is 46.3 Å². The summed E-state index contributed by atoms with van der Waals surface area (Å²) in [6.45, 7) is 25.1. The standard InChI is InChI=1S/C33H55NO7.C31H51IN2O11/c1-28(12-13-31-30(3)11-8-14-33(31,4)5)9-7-10-29(2)27-32(35)34-15-16-37-19-20-39-23-24-41-26-25-40-22-21-38-18-17-36-6;1-2-12-40-14-16-42-18-20-44-22-23-45-21-19-43-17-15-41-13-10-30(37)34-27(31(38)39)5-3-4-11-33-29(36)9-7-25-6-8-28(35)26(32)24-25/h7,9-10,12-13,27H,8,11,14-26H2,1-6H3,(H,34,35);6,8,24,27,35H,2-5,7,9-23H2,1H3,(H,33,36)(H,34,37)(H,38,39)/b10-7+,13-12+,28-9+,29-27+;/i;32-4. The number of carboxylic acids is 1. The number of hydrogen-bond donors (Lipinski definition) is 5. The number of phenolic OH excluding ortho intramolecular Hbond substituents is 1. The van der Waals surface area contributed by atoms with Crippen molar-refractivity contribution in [2.24, 2.45) is 5.41 Å². The summed E-state index contributed by atoms with van der Waals surface area (Å²) in [5.74, 6) is -1.51. The first-order valence-electron chi connectivity index (χ1n) is 30.4. The molecule has 1 aliphatic carbocycles. The number of aromatic hydroxyl groups is 1. The number of nitrogens with one attached hydrogen (secondary N) is 3. The second-order valence-corrected chi connectivity index (χ2v) is 21.9. The van der Waals surface area contributed by atoms with Crippen LogP contribution >= 0.6 is 22.6 Å². The van der Waals surface area contributed by atoms with Gasteiger partial charge in [0.1, 0.15) is 11.8 Å². The summed E-state index contributed by atoms with van der Waals surface area (Å²) in [4.78, 5) is 47.9. The number of rotatable bonds is 53. The van der Waals surface area contributed by atoms with Crippen LogP contribution in [0.25, 0.3) is 0 Å². The van der Waals surface area contributed by atoms with Crippen LogP contribution in [0.2, 0.25) is 0 Å². The molecule has 86 heavy (non-hydrogen) atoms. The zero-order valence-corrected chi connectivity index (χ0v) is 55.0. The number of phenols is 1. The van der Waals surface area contributed by atoms with Gasteiger partial charge < -0.3 is 83.0 Å². The van der Waals surface area contributed by atoms with E-state index in [1.165, 1.54) is 36.0 Å². The van der Waals surface area contributed by atoms with Crippen LogP contribution in [0.4, 0.5) is 0 Å². The maximum atomic E-state index is 12.2. The number of halogens is 1. The Bertz CT molecular complexity index is 2100. The first-order chi connectivity index (χ1) is 41.6. The molecule has 3 amide bonds. The third-order valence-corrected chi connectivity index (χ3v) is 13.7. The molecule has 0 spiro atoms. The molecule has 0 aliphatic heterocycles. The minimum absolute atomic E-state index is 0.0424. The van der Waals surface area contributed by atoms with Gasteiger partial charge in [0.2, 0.25) is 17.7 Å². The average Bonchev–Trinajstić information content (AvgIpc) is 2.22. The second kappa shape index (κ2) is 55.0. The fourth-order valence-corrected chi connectivity index (χ4v) is 8.68. The second-order valence-electron chi connectivity index (χ2n) is 20.8. The van der Waals surface area contributed by atoms with Crippen molar-refractivity contribution in [2.75, 3.05) is 172 Å². The Morgan fingerprint density at radius 1 is 0.640 bits per heavy atom. The normalized spacial score (nSPS) is 14.0. The number of carboxylic acid groups (broad SMARTS) is 1. The van der Waals surface area contributed by atoms with Crippen molar-refractivity contribution in [2.45, 2.75) is 112 Å². The van der Waals surface area contributed by atoms with Crippen LogP contribution in [0, 0.1) is 8.99 Å². The van der Waals surface area contributed by atoms with E-state index in [-0.39, 0.29) is 42.4 Å². The summed E-state index contributed by atoms with van der Waals surface area (Å²) in [6, 6.07) is 4.24. The molecule has 2 rings (SSSR count). The van der Waals surface area contributed by atoms with Gasteiger partial charge in [-0.25, -0.2) is 4.79 Å². The van der Waals surface area contributed by atoms with Crippen LogP contribution in [-0.2, 0) is 82.4 Å². The average molecular weight is 1330 g/mol. The van der Waals surface area contributed by atoms with E-state index in [1.807, 2.05) is 47.7 Å². The van der Waals surface area contributed by atoms with E-state index in [9.17, 15) is 29.4 Å². The predicted molar refractivity (Wildman–Crippen MR) is 341 cm³/mol. The Morgan fingerprint density at radius 3 is 1.65 bits per heavy atom.